The molecule has 7 rings (SSSR count). The molecule has 3 aliphatic heterocycles. The lowest BCUT2D eigenvalue weighted by Gasteiger charge is -2.41. The van der Waals surface area contributed by atoms with E-state index in [0.717, 1.165) is 16.7 Å². The predicted molar refractivity (Wildman–Crippen MR) is 184 cm³/mol. The van der Waals surface area contributed by atoms with Gasteiger partial charge in [0.1, 0.15) is 30.5 Å². The molecule has 4 aromatic rings. The van der Waals surface area contributed by atoms with Crippen molar-refractivity contribution in [3.05, 3.63) is 141 Å². The summed E-state index contributed by atoms with van der Waals surface area (Å²) >= 11 is 0. The van der Waals surface area contributed by atoms with Gasteiger partial charge in [-0.2, -0.15) is 0 Å². The van der Waals surface area contributed by atoms with E-state index in [4.69, 9.17) is 37.9 Å². The van der Waals surface area contributed by atoms with Gasteiger partial charge in [-0.25, -0.2) is 4.79 Å². The average Bonchev–Trinajstić information content (AvgIpc) is 3.63. The molecule has 0 spiro atoms. The van der Waals surface area contributed by atoms with Gasteiger partial charge in [-0.1, -0.05) is 91.0 Å². The molecule has 51 heavy (non-hydrogen) atoms. The summed E-state index contributed by atoms with van der Waals surface area (Å²) in [5.41, 5.74) is 2.02. The third-order valence-corrected chi connectivity index (χ3v) is 9.17. The van der Waals surface area contributed by atoms with Crippen LogP contribution < -0.4 is 11.2 Å². The Morgan fingerprint density at radius 1 is 0.706 bits per heavy atom. The minimum Gasteiger partial charge on any atom is -0.374 e. The normalized spacial score (nSPS) is 28.4. The maximum absolute atomic E-state index is 12.7. The molecular weight excluding hydrogens is 656 g/mol. The molecule has 1 aromatic heterocycles. The van der Waals surface area contributed by atoms with Crippen LogP contribution in [0.25, 0.3) is 0 Å². The Morgan fingerprint density at radius 2 is 1.31 bits per heavy atom. The van der Waals surface area contributed by atoms with Gasteiger partial charge in [-0.05, 0) is 30.5 Å². The Bertz CT molecular complexity index is 1800. The molecule has 3 aliphatic rings. The molecule has 12 heteroatoms. The first kappa shape index (κ1) is 35.4. The summed E-state index contributed by atoms with van der Waals surface area (Å²) in [6, 6.07) is 31.2. The highest BCUT2D eigenvalue weighted by molar-refractivity contribution is 5.15. The highest BCUT2D eigenvalue weighted by Crippen LogP contribution is 2.43. The molecule has 3 aromatic carbocycles. The Morgan fingerprint density at radius 3 is 1.96 bits per heavy atom. The van der Waals surface area contributed by atoms with Crippen molar-refractivity contribution in [2.75, 3.05) is 13.2 Å². The maximum atomic E-state index is 12.7. The molecule has 3 saturated heterocycles. The van der Waals surface area contributed by atoms with Crippen molar-refractivity contribution in [3.63, 3.8) is 0 Å². The zero-order valence-electron chi connectivity index (χ0n) is 28.7. The van der Waals surface area contributed by atoms with Gasteiger partial charge >= 0.3 is 5.69 Å². The monoisotopic (exact) mass is 700 g/mol. The second kappa shape index (κ2) is 16.1. The molecule has 4 heterocycles. The number of hydrogen-bond donors (Lipinski definition) is 1. The lowest BCUT2D eigenvalue weighted by Crippen LogP contribution is -2.53. The molecule has 0 bridgehead atoms. The molecule has 1 N–H and O–H groups in total. The lowest BCUT2D eigenvalue weighted by atomic mass is 10.0. The Hall–Kier alpha value is -3.98. The fourth-order valence-electron chi connectivity index (χ4n) is 6.77. The third kappa shape index (κ3) is 8.91. The molecule has 0 aliphatic carbocycles. The van der Waals surface area contributed by atoms with Crippen molar-refractivity contribution in [3.8, 4) is 0 Å². The van der Waals surface area contributed by atoms with Crippen molar-refractivity contribution in [1.29, 1.82) is 0 Å². The number of nitrogens with one attached hydrogen (secondary N) is 1. The van der Waals surface area contributed by atoms with E-state index in [0.29, 0.717) is 26.2 Å². The lowest BCUT2D eigenvalue weighted by molar-refractivity contribution is -0.286. The van der Waals surface area contributed by atoms with Crippen LogP contribution >= 0.6 is 0 Å². The van der Waals surface area contributed by atoms with Gasteiger partial charge in [0.15, 0.2) is 18.3 Å². The van der Waals surface area contributed by atoms with Crippen molar-refractivity contribution in [2.24, 2.45) is 0 Å². The highest BCUT2D eigenvalue weighted by Gasteiger charge is 2.56. The average molecular weight is 701 g/mol. The Kier molecular flexibility index (Phi) is 11.2. The fraction of sp³-hybridized carbons (Fsp3) is 0.436. The molecule has 8 atom stereocenters. The second-order valence-electron chi connectivity index (χ2n) is 13.4. The van der Waals surface area contributed by atoms with Crippen LogP contribution in [0, 0.1) is 0 Å². The van der Waals surface area contributed by atoms with Crippen molar-refractivity contribution < 1.29 is 37.9 Å². The van der Waals surface area contributed by atoms with Crippen LogP contribution in [-0.4, -0.2) is 71.5 Å². The van der Waals surface area contributed by atoms with E-state index in [2.05, 4.69) is 4.98 Å². The van der Waals surface area contributed by atoms with E-state index in [1.807, 2.05) is 105 Å². The van der Waals surface area contributed by atoms with Crippen LogP contribution in [0.2, 0.25) is 0 Å². The van der Waals surface area contributed by atoms with Crippen LogP contribution in [0.5, 0.6) is 0 Å². The smallest absolute Gasteiger partial charge is 0.330 e. The van der Waals surface area contributed by atoms with Crippen LogP contribution in [0.1, 0.15) is 43.2 Å². The SMILES string of the molecule is CC1(C)O[C@@H]2[C@H](O1)[C@@H](CO[C@@H]1C[C@@H](OCc3ccccc3)[C@H](OCc3ccccc3)[C@@H](COCc3ccccc3)O1)O[C@H]2n1ccc(=O)[nH]c1=O. The Labute approximate surface area is 296 Å². The fourth-order valence-corrected chi connectivity index (χ4v) is 6.77. The van der Waals surface area contributed by atoms with Gasteiger partial charge in [0.25, 0.3) is 5.56 Å². The van der Waals surface area contributed by atoms with Gasteiger partial charge in [-0.15, -0.1) is 0 Å². The van der Waals surface area contributed by atoms with E-state index in [1.54, 1.807) is 0 Å². The molecule has 12 nitrogen and oxygen atoms in total. The van der Waals surface area contributed by atoms with Crippen LogP contribution in [0.4, 0.5) is 0 Å². The number of ether oxygens (including phenoxy) is 8. The minimum atomic E-state index is -0.913. The van der Waals surface area contributed by atoms with Gasteiger partial charge in [0.05, 0.1) is 39.1 Å². The molecule has 0 saturated carbocycles. The summed E-state index contributed by atoms with van der Waals surface area (Å²) in [6.45, 7) is 5.11. The first-order valence-electron chi connectivity index (χ1n) is 17.3. The number of H-pyrrole nitrogens is 1. The van der Waals surface area contributed by atoms with Crippen LogP contribution in [0.15, 0.2) is 113 Å². The number of nitrogens with zero attached hydrogens (tertiary/aromatic N) is 1. The summed E-state index contributed by atoms with van der Waals surface area (Å²) in [7, 11) is 0. The number of fused-ring (bicyclic) bond motifs is 1. The zero-order valence-corrected chi connectivity index (χ0v) is 28.7. The first-order valence-corrected chi connectivity index (χ1v) is 17.3. The first-order chi connectivity index (χ1) is 24.8. The van der Waals surface area contributed by atoms with Gasteiger partial charge in [-0.3, -0.25) is 14.3 Å². The highest BCUT2D eigenvalue weighted by atomic mass is 16.8. The van der Waals surface area contributed by atoms with Gasteiger partial charge < -0.3 is 37.9 Å². The standard InChI is InChI=1S/C39H44N2O10/c1-39(2)50-35-31(49-37(36(35)51-39)41-19-18-32(42)40-38(41)43)25-46-33-20-29(45-22-27-14-8-4-9-15-27)34(47-23-28-16-10-5-11-17-28)30(48-33)24-44-21-26-12-6-3-7-13-26/h3-19,29-31,33-37H,20-25H2,1-2H3,(H,40,42,43)/t29-,30-,31-,33+,34+,35-,36-,37-/m1/s1. The van der Waals surface area contributed by atoms with E-state index >= 15 is 0 Å². The molecule has 3 fully saturated rings. The van der Waals surface area contributed by atoms with E-state index in [-0.39, 0.29) is 13.2 Å². The summed E-state index contributed by atoms with van der Waals surface area (Å²) in [5, 5.41) is 0. The molecule has 0 amide bonds. The summed E-state index contributed by atoms with van der Waals surface area (Å²) in [5.74, 6) is -0.913. The van der Waals surface area contributed by atoms with Crippen molar-refractivity contribution >= 4 is 0 Å². The molecule has 0 unspecified atom stereocenters. The number of rotatable bonds is 14. The van der Waals surface area contributed by atoms with Gasteiger partial charge in [0.2, 0.25) is 0 Å². The summed E-state index contributed by atoms with van der Waals surface area (Å²) in [6.07, 6.45) is -2.87. The quantitative estimate of drug-likeness (QED) is 0.201. The van der Waals surface area contributed by atoms with Gasteiger partial charge in [0, 0.05) is 18.7 Å². The molecule has 0 radical (unpaired) electrons. The van der Waals surface area contributed by atoms with Crippen molar-refractivity contribution in [1.82, 2.24) is 9.55 Å². The van der Waals surface area contributed by atoms with Crippen LogP contribution in [0.3, 0.4) is 0 Å². The zero-order chi connectivity index (χ0) is 35.2. The number of aromatic amines is 1. The second-order valence-corrected chi connectivity index (χ2v) is 13.4. The molecular formula is C39H44N2O10. The molecule has 270 valence electrons. The minimum absolute atomic E-state index is 0.0818. The van der Waals surface area contributed by atoms with E-state index < -0.39 is 66.2 Å². The number of benzene rings is 3. The third-order valence-electron chi connectivity index (χ3n) is 9.17. The Balaban J connectivity index is 1.09. The van der Waals surface area contributed by atoms with Crippen LogP contribution in [-0.2, 0) is 57.7 Å². The maximum Gasteiger partial charge on any atom is 0.330 e. The summed E-state index contributed by atoms with van der Waals surface area (Å²) < 4.78 is 52.4. The number of aromatic nitrogens is 2. The predicted octanol–water partition coefficient (Wildman–Crippen LogP) is 4.47. The topological polar surface area (TPSA) is 129 Å². The van der Waals surface area contributed by atoms with Crippen molar-refractivity contribution in [2.45, 2.75) is 95.0 Å². The number of hydrogen-bond acceptors (Lipinski definition) is 10. The summed E-state index contributed by atoms with van der Waals surface area (Å²) in [4.78, 5) is 26.8. The van der Waals surface area contributed by atoms with E-state index in [9.17, 15) is 9.59 Å². The van der Waals surface area contributed by atoms with E-state index in [1.165, 1.54) is 16.8 Å². The largest absolute Gasteiger partial charge is 0.374 e.